The lowest BCUT2D eigenvalue weighted by Gasteiger charge is -2.21. The van der Waals surface area contributed by atoms with Gasteiger partial charge in [-0.15, -0.1) is 0 Å². The molecule has 1 atom stereocenters. The topological polar surface area (TPSA) is 84.9 Å². The van der Waals surface area contributed by atoms with Crippen molar-refractivity contribution in [1.29, 1.82) is 0 Å². The number of likely N-dealkylation sites (N-methyl/N-ethyl adjacent to an activating group) is 1. The Morgan fingerprint density at radius 3 is 2.59 bits per heavy atom. The number of carbonyl (C=O) groups excluding carboxylic acids is 1. The summed E-state index contributed by atoms with van der Waals surface area (Å²) in [6.07, 6.45) is 1.06. The molecule has 0 aliphatic carbocycles. The number of amides is 1. The number of nitrogens with zero attached hydrogens (tertiary/aromatic N) is 1. The molecule has 1 N–H and O–H groups in total. The zero-order chi connectivity index (χ0) is 16.3. The van der Waals surface area contributed by atoms with Gasteiger partial charge in [0.2, 0.25) is 15.9 Å². The van der Waals surface area contributed by atoms with Gasteiger partial charge in [-0.2, -0.15) is 4.31 Å². The lowest BCUT2D eigenvalue weighted by molar-refractivity contribution is -0.121. The van der Waals surface area contributed by atoms with Gasteiger partial charge >= 0.3 is 0 Å². The minimum absolute atomic E-state index is 0.215. The summed E-state index contributed by atoms with van der Waals surface area (Å²) in [4.78, 5) is 11.9. The Labute approximate surface area is 130 Å². The molecule has 1 aromatic rings. The molecule has 1 aromatic carbocycles. The molecule has 2 rings (SSSR count). The summed E-state index contributed by atoms with van der Waals surface area (Å²) in [5.41, 5.74) is 0.861. The largest absolute Gasteiger partial charge is 0.486 e. The zero-order valence-electron chi connectivity index (χ0n) is 12.8. The predicted molar refractivity (Wildman–Crippen MR) is 81.5 cm³/mol. The Balaban J connectivity index is 2.00. The predicted octanol–water partition coefficient (Wildman–Crippen LogP) is 0.526. The van der Waals surface area contributed by atoms with Crippen LogP contribution in [0, 0.1) is 0 Å². The van der Waals surface area contributed by atoms with Gasteiger partial charge in [0.15, 0.2) is 11.5 Å². The SMILES string of the molecule is C[C@H](NC(=O)CN(C)S(C)(=O)=O)c1ccc2c(c1)OCCO2. The van der Waals surface area contributed by atoms with Crippen molar-refractivity contribution in [2.75, 3.05) is 33.1 Å². The number of hydrogen-bond acceptors (Lipinski definition) is 5. The van der Waals surface area contributed by atoms with E-state index in [0.29, 0.717) is 24.7 Å². The first kappa shape index (κ1) is 16.6. The lowest BCUT2D eigenvalue weighted by Crippen LogP contribution is -2.38. The van der Waals surface area contributed by atoms with Gasteiger partial charge < -0.3 is 14.8 Å². The van der Waals surface area contributed by atoms with Gasteiger partial charge in [0.05, 0.1) is 18.8 Å². The summed E-state index contributed by atoms with van der Waals surface area (Å²) in [5.74, 6) is 0.971. The van der Waals surface area contributed by atoms with E-state index in [9.17, 15) is 13.2 Å². The van der Waals surface area contributed by atoms with Gasteiger partial charge in [-0.05, 0) is 24.6 Å². The number of carbonyl (C=O) groups is 1. The lowest BCUT2D eigenvalue weighted by atomic mass is 10.1. The van der Waals surface area contributed by atoms with E-state index in [2.05, 4.69) is 5.32 Å². The van der Waals surface area contributed by atoms with Crippen LogP contribution < -0.4 is 14.8 Å². The molecule has 0 fully saturated rings. The molecule has 22 heavy (non-hydrogen) atoms. The molecule has 0 unspecified atom stereocenters. The highest BCUT2D eigenvalue weighted by Crippen LogP contribution is 2.32. The van der Waals surface area contributed by atoms with Crippen molar-refractivity contribution in [2.45, 2.75) is 13.0 Å². The third kappa shape index (κ3) is 4.11. The van der Waals surface area contributed by atoms with Crippen LogP contribution in [0.15, 0.2) is 18.2 Å². The van der Waals surface area contributed by atoms with E-state index < -0.39 is 10.0 Å². The van der Waals surface area contributed by atoms with E-state index in [1.165, 1.54) is 7.05 Å². The molecule has 1 amide bonds. The van der Waals surface area contributed by atoms with Crippen molar-refractivity contribution in [3.63, 3.8) is 0 Å². The van der Waals surface area contributed by atoms with E-state index in [0.717, 1.165) is 16.1 Å². The smallest absolute Gasteiger partial charge is 0.235 e. The van der Waals surface area contributed by atoms with Crippen molar-refractivity contribution >= 4 is 15.9 Å². The first-order valence-corrected chi connectivity index (χ1v) is 8.72. The second-order valence-electron chi connectivity index (χ2n) is 5.21. The van der Waals surface area contributed by atoms with Crippen molar-refractivity contribution in [3.8, 4) is 11.5 Å². The Kier molecular flexibility index (Phi) is 4.92. The highest BCUT2D eigenvalue weighted by atomic mass is 32.2. The Hall–Kier alpha value is -1.80. The van der Waals surface area contributed by atoms with E-state index in [-0.39, 0.29) is 18.5 Å². The molecule has 1 heterocycles. The summed E-state index contributed by atoms with van der Waals surface area (Å²) in [7, 11) is -2.01. The molecule has 0 spiro atoms. The van der Waals surface area contributed by atoms with Gasteiger partial charge in [0.25, 0.3) is 0 Å². The average molecular weight is 328 g/mol. The Morgan fingerprint density at radius 2 is 1.95 bits per heavy atom. The fourth-order valence-corrected chi connectivity index (χ4v) is 2.37. The number of ether oxygens (including phenoxy) is 2. The van der Waals surface area contributed by atoms with E-state index in [4.69, 9.17) is 9.47 Å². The monoisotopic (exact) mass is 328 g/mol. The summed E-state index contributed by atoms with van der Waals surface area (Å²) in [5, 5.41) is 2.76. The van der Waals surface area contributed by atoms with Gasteiger partial charge in [0.1, 0.15) is 13.2 Å². The molecule has 7 nitrogen and oxygen atoms in total. The van der Waals surface area contributed by atoms with E-state index >= 15 is 0 Å². The Morgan fingerprint density at radius 1 is 1.32 bits per heavy atom. The standard InChI is InChI=1S/C14H20N2O5S/c1-10(15-14(17)9-16(2)22(3,18)19)11-4-5-12-13(8-11)21-7-6-20-12/h4-5,8,10H,6-7,9H2,1-3H3,(H,15,17)/t10-/m0/s1. The van der Waals surface area contributed by atoms with Crippen LogP contribution in [0.4, 0.5) is 0 Å². The minimum Gasteiger partial charge on any atom is -0.486 e. The molecule has 122 valence electrons. The Bertz CT molecular complexity index is 659. The summed E-state index contributed by atoms with van der Waals surface area (Å²) < 4.78 is 34.5. The fraction of sp³-hybridized carbons (Fsp3) is 0.500. The third-order valence-electron chi connectivity index (χ3n) is 3.38. The highest BCUT2D eigenvalue weighted by molar-refractivity contribution is 7.88. The van der Waals surface area contributed by atoms with Crippen LogP contribution in [0.5, 0.6) is 11.5 Å². The van der Waals surface area contributed by atoms with E-state index in [1.54, 1.807) is 6.07 Å². The minimum atomic E-state index is -3.37. The average Bonchev–Trinajstić information content (AvgIpc) is 2.45. The first-order chi connectivity index (χ1) is 10.3. The molecule has 1 aliphatic rings. The maximum absolute atomic E-state index is 11.9. The van der Waals surface area contributed by atoms with Crippen LogP contribution in [-0.2, 0) is 14.8 Å². The number of fused-ring (bicyclic) bond motifs is 1. The van der Waals surface area contributed by atoms with Crippen LogP contribution in [0.3, 0.4) is 0 Å². The number of rotatable bonds is 5. The molecule has 0 saturated carbocycles. The molecule has 0 saturated heterocycles. The van der Waals surface area contributed by atoms with Crippen LogP contribution in [0.1, 0.15) is 18.5 Å². The summed E-state index contributed by atoms with van der Waals surface area (Å²) in [6.45, 7) is 2.63. The normalized spacial score (nSPS) is 15.5. The van der Waals surface area contributed by atoms with Crippen LogP contribution >= 0.6 is 0 Å². The van der Waals surface area contributed by atoms with Gasteiger partial charge in [-0.25, -0.2) is 8.42 Å². The number of sulfonamides is 1. The molecule has 0 aromatic heterocycles. The second kappa shape index (κ2) is 6.53. The zero-order valence-corrected chi connectivity index (χ0v) is 13.6. The molecule has 1 aliphatic heterocycles. The number of hydrogen-bond donors (Lipinski definition) is 1. The summed E-state index contributed by atoms with van der Waals surface area (Å²) in [6, 6.07) is 5.20. The maximum Gasteiger partial charge on any atom is 0.235 e. The van der Waals surface area contributed by atoms with Gasteiger partial charge in [0, 0.05) is 7.05 Å². The van der Waals surface area contributed by atoms with Crippen LogP contribution in [-0.4, -0.2) is 51.7 Å². The van der Waals surface area contributed by atoms with Crippen LogP contribution in [0.2, 0.25) is 0 Å². The van der Waals surface area contributed by atoms with Gasteiger partial charge in [-0.1, -0.05) is 6.07 Å². The van der Waals surface area contributed by atoms with Gasteiger partial charge in [-0.3, -0.25) is 4.79 Å². The third-order valence-corrected chi connectivity index (χ3v) is 4.64. The molecular formula is C14H20N2O5S. The van der Waals surface area contributed by atoms with Crippen LogP contribution in [0.25, 0.3) is 0 Å². The fourth-order valence-electron chi connectivity index (χ4n) is 2.02. The molecular weight excluding hydrogens is 308 g/mol. The number of nitrogens with one attached hydrogen (secondary N) is 1. The molecule has 0 bridgehead atoms. The number of benzene rings is 1. The first-order valence-electron chi connectivity index (χ1n) is 6.87. The quantitative estimate of drug-likeness (QED) is 0.852. The highest BCUT2D eigenvalue weighted by Gasteiger charge is 2.18. The summed E-state index contributed by atoms with van der Waals surface area (Å²) >= 11 is 0. The van der Waals surface area contributed by atoms with Crippen molar-refractivity contribution < 1.29 is 22.7 Å². The molecule has 8 heteroatoms. The van der Waals surface area contributed by atoms with Crippen molar-refractivity contribution in [1.82, 2.24) is 9.62 Å². The van der Waals surface area contributed by atoms with Crippen molar-refractivity contribution in [2.24, 2.45) is 0 Å². The van der Waals surface area contributed by atoms with E-state index in [1.807, 2.05) is 19.1 Å². The van der Waals surface area contributed by atoms with Crippen molar-refractivity contribution in [3.05, 3.63) is 23.8 Å². The molecule has 0 radical (unpaired) electrons. The second-order valence-corrected chi connectivity index (χ2v) is 7.30. The maximum atomic E-state index is 11.9.